The Balaban J connectivity index is 2.16. The van der Waals surface area contributed by atoms with Gasteiger partial charge in [-0.25, -0.2) is 4.98 Å². The standard InChI is InChI=1S/C24H28F3N3O3/c1-14-11-20(32-4)30-23-21(14)18(33-17-9-5-8-16(12-17)24(25,26)27)13-19(31-3)22(23)29-15(2)7-6-10-28/h5,8-9,11-13,15,29H,6-7,10,28H2,1-4H3. The van der Waals surface area contributed by atoms with Crippen LogP contribution in [0.5, 0.6) is 23.1 Å². The summed E-state index contributed by atoms with van der Waals surface area (Å²) in [4.78, 5) is 4.61. The van der Waals surface area contributed by atoms with Gasteiger partial charge in [-0.15, -0.1) is 0 Å². The topological polar surface area (TPSA) is 78.6 Å². The lowest BCUT2D eigenvalue weighted by Crippen LogP contribution is -2.18. The minimum atomic E-state index is -4.47. The molecule has 0 aliphatic carbocycles. The highest BCUT2D eigenvalue weighted by molar-refractivity contribution is 6.00. The summed E-state index contributed by atoms with van der Waals surface area (Å²) >= 11 is 0. The predicted molar refractivity (Wildman–Crippen MR) is 122 cm³/mol. The molecule has 0 saturated carbocycles. The first-order valence-corrected chi connectivity index (χ1v) is 10.6. The van der Waals surface area contributed by atoms with Gasteiger partial charge in [0.05, 0.1) is 19.8 Å². The summed E-state index contributed by atoms with van der Waals surface area (Å²) < 4.78 is 56.4. The van der Waals surface area contributed by atoms with Crippen LogP contribution in [0.4, 0.5) is 18.9 Å². The van der Waals surface area contributed by atoms with Crippen molar-refractivity contribution < 1.29 is 27.4 Å². The molecule has 1 heterocycles. The highest BCUT2D eigenvalue weighted by atomic mass is 19.4. The van der Waals surface area contributed by atoms with E-state index >= 15 is 0 Å². The lowest BCUT2D eigenvalue weighted by Gasteiger charge is -2.22. The highest BCUT2D eigenvalue weighted by Crippen LogP contribution is 2.44. The Labute approximate surface area is 190 Å². The van der Waals surface area contributed by atoms with Crippen LogP contribution in [-0.2, 0) is 6.18 Å². The summed E-state index contributed by atoms with van der Waals surface area (Å²) in [5, 5.41) is 4.08. The minimum absolute atomic E-state index is 0.0559. The number of nitrogens with one attached hydrogen (secondary N) is 1. The lowest BCUT2D eigenvalue weighted by atomic mass is 10.1. The number of methoxy groups -OCH3 is 2. The molecule has 2 aromatic carbocycles. The van der Waals surface area contributed by atoms with E-state index < -0.39 is 11.7 Å². The fourth-order valence-corrected chi connectivity index (χ4v) is 3.61. The Morgan fingerprint density at radius 1 is 1.09 bits per heavy atom. The van der Waals surface area contributed by atoms with E-state index in [-0.39, 0.29) is 11.8 Å². The van der Waals surface area contributed by atoms with Crippen molar-refractivity contribution in [3.63, 3.8) is 0 Å². The molecule has 1 aromatic heterocycles. The number of fused-ring (bicyclic) bond motifs is 1. The van der Waals surface area contributed by atoms with Crippen LogP contribution in [0, 0.1) is 6.92 Å². The Morgan fingerprint density at radius 2 is 1.85 bits per heavy atom. The molecule has 0 radical (unpaired) electrons. The molecule has 0 bridgehead atoms. The number of pyridine rings is 1. The minimum Gasteiger partial charge on any atom is -0.494 e. The molecule has 0 amide bonds. The SMILES string of the molecule is COc1cc(C)c2c(Oc3cccc(C(F)(F)F)c3)cc(OC)c(NC(C)CCCN)c2n1. The van der Waals surface area contributed by atoms with Gasteiger partial charge in [0, 0.05) is 23.6 Å². The molecule has 1 unspecified atom stereocenters. The molecule has 1 atom stereocenters. The average Bonchev–Trinajstić information content (AvgIpc) is 2.78. The molecule has 0 aliphatic rings. The van der Waals surface area contributed by atoms with Crippen molar-refractivity contribution >= 4 is 16.6 Å². The van der Waals surface area contributed by atoms with Crippen molar-refractivity contribution in [1.29, 1.82) is 0 Å². The largest absolute Gasteiger partial charge is 0.494 e. The van der Waals surface area contributed by atoms with Gasteiger partial charge < -0.3 is 25.3 Å². The molecule has 178 valence electrons. The molecule has 9 heteroatoms. The summed E-state index contributed by atoms with van der Waals surface area (Å²) in [7, 11) is 3.03. The number of aryl methyl sites for hydroxylation is 1. The second-order valence-electron chi connectivity index (χ2n) is 7.76. The third-order valence-electron chi connectivity index (χ3n) is 5.24. The molecule has 6 nitrogen and oxygen atoms in total. The Kier molecular flexibility index (Phi) is 7.53. The van der Waals surface area contributed by atoms with Crippen LogP contribution in [0.25, 0.3) is 10.9 Å². The summed E-state index contributed by atoms with van der Waals surface area (Å²) in [5.41, 5.74) is 6.82. The second kappa shape index (κ2) is 10.2. The molecule has 0 saturated heterocycles. The number of nitrogens with two attached hydrogens (primary N) is 1. The maximum atomic E-state index is 13.2. The molecule has 3 N–H and O–H groups in total. The number of anilines is 1. The molecular formula is C24H28F3N3O3. The van der Waals surface area contributed by atoms with Crippen LogP contribution in [-0.4, -0.2) is 31.8 Å². The van der Waals surface area contributed by atoms with E-state index in [2.05, 4.69) is 10.3 Å². The number of hydrogen-bond acceptors (Lipinski definition) is 6. The second-order valence-corrected chi connectivity index (χ2v) is 7.76. The number of alkyl halides is 3. The quantitative estimate of drug-likeness (QED) is 0.411. The van der Waals surface area contributed by atoms with Crippen molar-refractivity contribution in [3.8, 4) is 23.1 Å². The van der Waals surface area contributed by atoms with Crippen LogP contribution in [0.2, 0.25) is 0 Å². The molecular weight excluding hydrogens is 435 g/mol. The molecule has 3 aromatic rings. The van der Waals surface area contributed by atoms with Gasteiger partial charge in [0.15, 0.2) is 0 Å². The monoisotopic (exact) mass is 463 g/mol. The summed E-state index contributed by atoms with van der Waals surface area (Å²) in [6, 6.07) is 8.22. The van der Waals surface area contributed by atoms with Crippen molar-refractivity contribution in [1.82, 2.24) is 4.98 Å². The molecule has 0 fully saturated rings. The first-order chi connectivity index (χ1) is 15.7. The van der Waals surface area contributed by atoms with Gasteiger partial charge in [-0.2, -0.15) is 13.2 Å². The Morgan fingerprint density at radius 3 is 2.48 bits per heavy atom. The average molecular weight is 464 g/mol. The zero-order valence-electron chi connectivity index (χ0n) is 19.0. The van der Waals surface area contributed by atoms with E-state index in [4.69, 9.17) is 19.9 Å². The molecule has 0 aliphatic heterocycles. The third-order valence-corrected chi connectivity index (χ3v) is 5.24. The van der Waals surface area contributed by atoms with Gasteiger partial charge in [-0.3, -0.25) is 0 Å². The number of rotatable bonds is 9. The van der Waals surface area contributed by atoms with E-state index in [1.807, 2.05) is 13.8 Å². The van der Waals surface area contributed by atoms with E-state index in [0.29, 0.717) is 40.5 Å². The van der Waals surface area contributed by atoms with Crippen LogP contribution in [0.15, 0.2) is 36.4 Å². The highest BCUT2D eigenvalue weighted by Gasteiger charge is 2.31. The van der Waals surface area contributed by atoms with Crippen LogP contribution in [0.3, 0.4) is 0 Å². The van der Waals surface area contributed by atoms with E-state index in [0.717, 1.165) is 30.5 Å². The maximum absolute atomic E-state index is 13.2. The van der Waals surface area contributed by atoms with Gasteiger partial charge in [0.25, 0.3) is 0 Å². The van der Waals surface area contributed by atoms with E-state index in [1.54, 1.807) is 12.1 Å². The predicted octanol–water partition coefficient (Wildman–Crippen LogP) is 5.91. The zero-order chi connectivity index (χ0) is 24.2. The molecule has 3 rings (SSSR count). The van der Waals surface area contributed by atoms with Crippen molar-refractivity contribution in [3.05, 3.63) is 47.5 Å². The first-order valence-electron chi connectivity index (χ1n) is 10.6. The number of hydrogen-bond donors (Lipinski definition) is 2. The van der Waals surface area contributed by atoms with Gasteiger partial charge in [-0.05, 0) is 57.0 Å². The number of aromatic nitrogens is 1. The molecule has 33 heavy (non-hydrogen) atoms. The van der Waals surface area contributed by atoms with Crippen molar-refractivity contribution in [2.24, 2.45) is 5.73 Å². The maximum Gasteiger partial charge on any atom is 0.416 e. The van der Waals surface area contributed by atoms with Crippen molar-refractivity contribution in [2.45, 2.75) is 38.9 Å². The normalized spacial score (nSPS) is 12.5. The van der Waals surface area contributed by atoms with Gasteiger partial charge in [0.1, 0.15) is 28.5 Å². The Bertz CT molecular complexity index is 1120. The van der Waals surface area contributed by atoms with Crippen molar-refractivity contribution in [2.75, 3.05) is 26.1 Å². The number of ether oxygens (including phenoxy) is 3. The third kappa shape index (κ3) is 5.60. The number of benzene rings is 2. The van der Waals surface area contributed by atoms with Gasteiger partial charge >= 0.3 is 6.18 Å². The fourth-order valence-electron chi connectivity index (χ4n) is 3.61. The van der Waals surface area contributed by atoms with Crippen LogP contribution >= 0.6 is 0 Å². The van der Waals surface area contributed by atoms with Crippen LogP contribution in [0.1, 0.15) is 30.9 Å². The number of halogens is 3. The summed E-state index contributed by atoms with van der Waals surface area (Å²) in [5.74, 6) is 1.23. The smallest absolute Gasteiger partial charge is 0.416 e. The van der Waals surface area contributed by atoms with E-state index in [9.17, 15) is 13.2 Å². The van der Waals surface area contributed by atoms with Crippen LogP contribution < -0.4 is 25.3 Å². The van der Waals surface area contributed by atoms with Gasteiger partial charge in [0.2, 0.25) is 5.88 Å². The molecule has 0 spiro atoms. The fraction of sp³-hybridized carbons (Fsp3) is 0.375. The number of nitrogens with zero attached hydrogens (tertiary/aromatic N) is 1. The summed E-state index contributed by atoms with van der Waals surface area (Å²) in [6.07, 6.45) is -2.79. The lowest BCUT2D eigenvalue weighted by molar-refractivity contribution is -0.137. The van der Waals surface area contributed by atoms with E-state index in [1.165, 1.54) is 26.4 Å². The summed E-state index contributed by atoms with van der Waals surface area (Å²) in [6.45, 7) is 4.47. The van der Waals surface area contributed by atoms with Gasteiger partial charge in [-0.1, -0.05) is 6.07 Å². The first kappa shape index (κ1) is 24.4. The Hall–Kier alpha value is -3.20. The zero-order valence-corrected chi connectivity index (χ0v) is 19.0.